The van der Waals surface area contributed by atoms with Gasteiger partial charge in [0.15, 0.2) is 0 Å². The molecule has 0 amide bonds. The first-order valence-corrected chi connectivity index (χ1v) is 11.8. The van der Waals surface area contributed by atoms with E-state index in [0.717, 1.165) is 37.1 Å². The normalized spacial score (nSPS) is 26.5. The Bertz CT molecular complexity index is 1010. The Labute approximate surface area is 189 Å². The predicted octanol–water partition coefficient (Wildman–Crippen LogP) is 5.67. The number of Topliss-reactive ketones (excluding diaryl/α,β-unsaturated/α-hetero) is 2. The van der Waals surface area contributed by atoms with Crippen LogP contribution < -0.4 is 4.90 Å². The van der Waals surface area contributed by atoms with Gasteiger partial charge in [0.2, 0.25) is 0 Å². The second kappa shape index (κ2) is 7.48. The van der Waals surface area contributed by atoms with Crippen LogP contribution in [0.15, 0.2) is 48.5 Å². The van der Waals surface area contributed by atoms with Gasteiger partial charge in [0.05, 0.1) is 0 Å². The average molecular weight is 436 g/mol. The summed E-state index contributed by atoms with van der Waals surface area (Å²) in [5.41, 5.74) is 2.38. The van der Waals surface area contributed by atoms with Gasteiger partial charge in [-0.25, -0.2) is 0 Å². The molecular weight excluding hydrogens is 406 g/mol. The predicted molar refractivity (Wildman–Crippen MR) is 125 cm³/mol. The van der Waals surface area contributed by atoms with Crippen LogP contribution >= 0.6 is 11.6 Å². The molecule has 1 saturated heterocycles. The Balaban J connectivity index is 1.55. The third-order valence-electron chi connectivity index (χ3n) is 7.75. The lowest BCUT2D eigenvalue weighted by atomic mass is 9.55. The van der Waals surface area contributed by atoms with Crippen LogP contribution in [0, 0.1) is 16.7 Å². The first-order chi connectivity index (χ1) is 14.8. The van der Waals surface area contributed by atoms with Crippen molar-refractivity contribution in [2.24, 2.45) is 16.7 Å². The fourth-order valence-corrected chi connectivity index (χ4v) is 6.44. The lowest BCUT2D eigenvalue weighted by molar-refractivity contribution is -0.151. The number of nitrogens with zero attached hydrogens (tertiary/aromatic N) is 1. The molecule has 2 fully saturated rings. The second-order valence-corrected chi connectivity index (χ2v) is 11.0. The molecule has 2 heterocycles. The van der Waals surface area contributed by atoms with E-state index in [2.05, 4.69) is 29.2 Å². The summed E-state index contributed by atoms with van der Waals surface area (Å²) in [4.78, 5) is 29.8. The number of benzene rings is 2. The molecule has 0 bridgehead atoms. The van der Waals surface area contributed by atoms with Crippen LogP contribution in [-0.2, 0) is 22.4 Å². The number of hydrogen-bond donors (Lipinski definition) is 0. The van der Waals surface area contributed by atoms with E-state index in [1.807, 2.05) is 38.1 Å². The first kappa shape index (κ1) is 20.8. The van der Waals surface area contributed by atoms with E-state index in [4.69, 9.17) is 11.6 Å². The highest BCUT2D eigenvalue weighted by molar-refractivity contribution is 6.31. The van der Waals surface area contributed by atoms with Gasteiger partial charge < -0.3 is 4.90 Å². The zero-order valence-electron chi connectivity index (χ0n) is 18.4. The van der Waals surface area contributed by atoms with E-state index < -0.39 is 5.41 Å². The van der Waals surface area contributed by atoms with Crippen molar-refractivity contribution in [1.82, 2.24) is 0 Å². The molecule has 0 unspecified atom stereocenters. The van der Waals surface area contributed by atoms with Crippen LogP contribution in [0.2, 0.25) is 5.02 Å². The van der Waals surface area contributed by atoms with Gasteiger partial charge in [-0.05, 0) is 60.3 Å². The van der Waals surface area contributed by atoms with Crippen molar-refractivity contribution in [3.63, 3.8) is 0 Å². The van der Waals surface area contributed by atoms with Gasteiger partial charge >= 0.3 is 0 Å². The Morgan fingerprint density at radius 2 is 1.71 bits per heavy atom. The molecule has 1 aliphatic carbocycles. The van der Waals surface area contributed by atoms with E-state index in [9.17, 15) is 9.59 Å². The number of piperidine rings is 1. The average Bonchev–Trinajstić information content (AvgIpc) is 2.72. The summed E-state index contributed by atoms with van der Waals surface area (Å²) in [6, 6.07) is 16.4. The highest BCUT2D eigenvalue weighted by Crippen LogP contribution is 2.53. The van der Waals surface area contributed by atoms with E-state index in [-0.39, 0.29) is 23.0 Å². The smallest absolute Gasteiger partial charge is 0.149 e. The molecular formula is C27H30ClNO2. The van der Waals surface area contributed by atoms with E-state index in [0.29, 0.717) is 30.2 Å². The molecule has 1 saturated carbocycles. The van der Waals surface area contributed by atoms with Crippen molar-refractivity contribution in [1.29, 1.82) is 0 Å². The van der Waals surface area contributed by atoms with Crippen LogP contribution in [0.4, 0.5) is 5.69 Å². The molecule has 0 aromatic heterocycles. The van der Waals surface area contributed by atoms with Crippen LogP contribution in [0.5, 0.6) is 0 Å². The minimum atomic E-state index is -0.911. The molecule has 3 nitrogen and oxygen atoms in total. The lowest BCUT2D eigenvalue weighted by Gasteiger charge is -2.56. The van der Waals surface area contributed by atoms with Crippen molar-refractivity contribution >= 4 is 28.9 Å². The molecule has 2 aromatic rings. The first-order valence-electron chi connectivity index (χ1n) is 11.4. The fourth-order valence-electron chi connectivity index (χ4n) is 6.27. The molecule has 1 spiro atoms. The Hall–Kier alpha value is -2.13. The molecule has 2 aliphatic heterocycles. The number of carbonyl (C=O) groups is 2. The van der Waals surface area contributed by atoms with Crippen LogP contribution in [-0.4, -0.2) is 24.2 Å². The number of carbonyl (C=O) groups excluding carboxylic acids is 2. The van der Waals surface area contributed by atoms with Gasteiger partial charge in [-0.3, -0.25) is 9.59 Å². The van der Waals surface area contributed by atoms with Gasteiger partial charge in [-0.2, -0.15) is 0 Å². The maximum Gasteiger partial charge on any atom is 0.149 e. The fraction of sp³-hybridized carbons (Fsp3) is 0.481. The Morgan fingerprint density at radius 3 is 2.42 bits per heavy atom. The summed E-state index contributed by atoms with van der Waals surface area (Å²) in [5, 5.41) is 0.710. The molecule has 3 aliphatic rings. The van der Waals surface area contributed by atoms with Crippen LogP contribution in [0.1, 0.15) is 50.7 Å². The number of hydrogen-bond acceptors (Lipinski definition) is 3. The highest BCUT2D eigenvalue weighted by Gasteiger charge is 2.60. The second-order valence-electron chi connectivity index (χ2n) is 10.6. The maximum absolute atomic E-state index is 13.7. The van der Waals surface area contributed by atoms with Gasteiger partial charge in [-0.15, -0.1) is 0 Å². The molecule has 162 valence electrons. The van der Waals surface area contributed by atoms with Crippen LogP contribution in [0.25, 0.3) is 0 Å². The lowest BCUT2D eigenvalue weighted by Crippen LogP contribution is -2.65. The Morgan fingerprint density at radius 1 is 1.00 bits per heavy atom. The molecule has 0 N–H and O–H groups in total. The third-order valence-corrected chi connectivity index (χ3v) is 7.98. The monoisotopic (exact) mass is 435 g/mol. The number of rotatable bonds is 2. The molecule has 4 heteroatoms. The van der Waals surface area contributed by atoms with E-state index in [1.165, 1.54) is 5.56 Å². The van der Waals surface area contributed by atoms with E-state index in [1.54, 1.807) is 0 Å². The summed E-state index contributed by atoms with van der Waals surface area (Å²) in [5.74, 6) is 0.756. The Kier molecular flexibility index (Phi) is 5.01. The minimum absolute atomic E-state index is 0.0722. The number of ketones is 2. The van der Waals surface area contributed by atoms with Crippen molar-refractivity contribution in [3.8, 4) is 0 Å². The largest absolute Gasteiger partial charge is 0.367 e. The van der Waals surface area contributed by atoms with Crippen molar-refractivity contribution in [2.45, 2.75) is 58.4 Å². The van der Waals surface area contributed by atoms with Gasteiger partial charge in [0, 0.05) is 36.1 Å². The zero-order chi connectivity index (χ0) is 21.8. The minimum Gasteiger partial charge on any atom is -0.367 e. The maximum atomic E-state index is 13.7. The third kappa shape index (κ3) is 3.51. The standard InChI is InChI=1S/C27H30ClNO2/c1-26(2)16-24(30)27(25(31)17-26)15-20-8-9-21(28)14-22(20)29-11-10-19(13-23(27)29)12-18-6-4-3-5-7-18/h3-9,14,19,23H,10-13,15-17H2,1-2H3/t19-,23-/m0/s1. The number of anilines is 1. The van der Waals surface area contributed by atoms with Crippen molar-refractivity contribution in [3.05, 3.63) is 64.7 Å². The summed E-state index contributed by atoms with van der Waals surface area (Å²) in [7, 11) is 0. The summed E-state index contributed by atoms with van der Waals surface area (Å²) in [6.07, 6.45) is 4.41. The quantitative estimate of drug-likeness (QED) is 0.570. The number of halogens is 1. The molecule has 0 radical (unpaired) electrons. The van der Waals surface area contributed by atoms with Gasteiger partial charge in [-0.1, -0.05) is 61.8 Å². The van der Waals surface area contributed by atoms with Crippen molar-refractivity contribution < 1.29 is 9.59 Å². The molecule has 2 atom stereocenters. The van der Waals surface area contributed by atoms with Crippen LogP contribution in [0.3, 0.4) is 0 Å². The van der Waals surface area contributed by atoms with E-state index >= 15 is 0 Å². The van der Waals surface area contributed by atoms with Gasteiger partial charge in [0.25, 0.3) is 0 Å². The molecule has 31 heavy (non-hydrogen) atoms. The number of fused-ring (bicyclic) bond motifs is 4. The van der Waals surface area contributed by atoms with Gasteiger partial charge in [0.1, 0.15) is 17.0 Å². The SMILES string of the molecule is CC1(C)CC(=O)C2(Cc3ccc(Cl)cc3N3CC[C@@H](Cc4ccccc4)C[C@H]32)C(=O)C1. The molecule has 5 rings (SSSR count). The topological polar surface area (TPSA) is 37.4 Å². The summed E-state index contributed by atoms with van der Waals surface area (Å²) in [6.45, 7) is 4.95. The zero-order valence-corrected chi connectivity index (χ0v) is 19.1. The van der Waals surface area contributed by atoms with Crippen molar-refractivity contribution in [2.75, 3.05) is 11.4 Å². The molecule has 2 aromatic carbocycles. The summed E-state index contributed by atoms with van der Waals surface area (Å²) < 4.78 is 0. The highest BCUT2D eigenvalue weighted by atomic mass is 35.5. The summed E-state index contributed by atoms with van der Waals surface area (Å²) >= 11 is 6.36.